The van der Waals surface area contributed by atoms with E-state index < -0.39 is 0 Å². The van der Waals surface area contributed by atoms with Crippen LogP contribution in [0, 0.1) is 5.92 Å². The summed E-state index contributed by atoms with van der Waals surface area (Å²) < 4.78 is 7.41. The first-order valence-corrected chi connectivity index (χ1v) is 9.44. The van der Waals surface area contributed by atoms with Crippen LogP contribution in [0.5, 0.6) is 5.75 Å². The Bertz CT molecular complexity index is 724. The lowest BCUT2D eigenvalue weighted by molar-refractivity contribution is -0.132. The molecule has 1 aromatic carbocycles. The standard InChI is InChI=1S/C21H32N4O2/c1-17(2)13-21(26)25(12-11-23(3)4)16-20-22-9-10-24(20)15-18-7-6-8-19(14-18)27-5/h6-10,14,17H,11-13,15-16H2,1-5H3. The van der Waals surface area contributed by atoms with Crippen molar-refractivity contribution < 1.29 is 9.53 Å². The zero-order valence-corrected chi connectivity index (χ0v) is 17.2. The molecule has 0 bridgehead atoms. The van der Waals surface area contributed by atoms with Crippen LogP contribution in [0.25, 0.3) is 0 Å². The first-order valence-electron chi connectivity index (χ1n) is 9.44. The Morgan fingerprint density at radius 2 is 2.04 bits per heavy atom. The van der Waals surface area contributed by atoms with E-state index in [0.717, 1.165) is 23.7 Å². The van der Waals surface area contributed by atoms with Crippen LogP contribution in [0.15, 0.2) is 36.7 Å². The first kappa shape index (κ1) is 21.0. The number of imidazole rings is 1. The number of benzene rings is 1. The van der Waals surface area contributed by atoms with Gasteiger partial charge < -0.3 is 19.1 Å². The highest BCUT2D eigenvalue weighted by atomic mass is 16.5. The van der Waals surface area contributed by atoms with Gasteiger partial charge in [-0.2, -0.15) is 0 Å². The molecule has 0 N–H and O–H groups in total. The highest BCUT2D eigenvalue weighted by Gasteiger charge is 2.18. The molecule has 0 aliphatic heterocycles. The number of carbonyl (C=O) groups is 1. The van der Waals surface area contributed by atoms with Crippen molar-refractivity contribution in [2.75, 3.05) is 34.3 Å². The predicted molar refractivity (Wildman–Crippen MR) is 108 cm³/mol. The molecule has 0 fully saturated rings. The van der Waals surface area contributed by atoms with Crippen molar-refractivity contribution in [1.29, 1.82) is 0 Å². The van der Waals surface area contributed by atoms with E-state index in [1.54, 1.807) is 13.3 Å². The number of hydrogen-bond donors (Lipinski definition) is 0. The number of rotatable bonds is 10. The number of amides is 1. The van der Waals surface area contributed by atoms with E-state index in [9.17, 15) is 4.79 Å². The minimum atomic E-state index is 0.183. The number of hydrogen-bond acceptors (Lipinski definition) is 4. The molecule has 0 atom stereocenters. The lowest BCUT2D eigenvalue weighted by Gasteiger charge is -2.25. The molecule has 0 unspecified atom stereocenters. The summed E-state index contributed by atoms with van der Waals surface area (Å²) in [5, 5.41) is 0. The molecule has 6 nitrogen and oxygen atoms in total. The minimum Gasteiger partial charge on any atom is -0.497 e. The normalized spacial score (nSPS) is 11.2. The van der Waals surface area contributed by atoms with Crippen molar-refractivity contribution in [3.8, 4) is 5.75 Å². The lowest BCUT2D eigenvalue weighted by Crippen LogP contribution is -2.37. The monoisotopic (exact) mass is 372 g/mol. The summed E-state index contributed by atoms with van der Waals surface area (Å²) in [5.74, 6) is 2.27. The molecule has 27 heavy (non-hydrogen) atoms. The summed E-state index contributed by atoms with van der Waals surface area (Å²) in [4.78, 5) is 21.2. The van der Waals surface area contributed by atoms with Gasteiger partial charge in [0.2, 0.25) is 5.91 Å². The fraction of sp³-hybridized carbons (Fsp3) is 0.524. The highest BCUT2D eigenvalue weighted by molar-refractivity contribution is 5.76. The molecule has 0 radical (unpaired) electrons. The van der Waals surface area contributed by atoms with Gasteiger partial charge in [-0.15, -0.1) is 0 Å². The van der Waals surface area contributed by atoms with E-state index >= 15 is 0 Å². The van der Waals surface area contributed by atoms with Gasteiger partial charge in [-0.05, 0) is 37.7 Å². The van der Waals surface area contributed by atoms with Gasteiger partial charge in [-0.1, -0.05) is 26.0 Å². The van der Waals surface area contributed by atoms with Crippen molar-refractivity contribution in [2.24, 2.45) is 5.92 Å². The Balaban J connectivity index is 2.13. The van der Waals surface area contributed by atoms with E-state index in [-0.39, 0.29) is 5.91 Å². The third-order valence-corrected chi connectivity index (χ3v) is 4.37. The van der Waals surface area contributed by atoms with Crippen molar-refractivity contribution in [1.82, 2.24) is 19.4 Å². The van der Waals surface area contributed by atoms with Crippen molar-refractivity contribution >= 4 is 5.91 Å². The average Bonchev–Trinajstić information content (AvgIpc) is 3.04. The number of methoxy groups -OCH3 is 1. The van der Waals surface area contributed by atoms with Gasteiger partial charge in [0, 0.05) is 38.4 Å². The van der Waals surface area contributed by atoms with Crippen LogP contribution in [0.1, 0.15) is 31.7 Å². The van der Waals surface area contributed by atoms with Gasteiger partial charge in [-0.3, -0.25) is 4.79 Å². The molecule has 2 aromatic rings. The van der Waals surface area contributed by atoms with E-state index in [1.165, 1.54) is 0 Å². The maximum atomic E-state index is 12.7. The van der Waals surface area contributed by atoms with Crippen molar-refractivity contribution in [2.45, 2.75) is 33.4 Å². The van der Waals surface area contributed by atoms with Gasteiger partial charge in [0.1, 0.15) is 11.6 Å². The number of carbonyl (C=O) groups excluding carboxylic acids is 1. The molecule has 1 amide bonds. The first-order chi connectivity index (χ1) is 12.9. The molecule has 0 saturated carbocycles. The van der Waals surface area contributed by atoms with E-state index in [4.69, 9.17) is 4.74 Å². The van der Waals surface area contributed by atoms with Crippen molar-refractivity contribution in [3.05, 3.63) is 48.0 Å². The smallest absolute Gasteiger partial charge is 0.223 e. The SMILES string of the molecule is COc1cccc(Cn2ccnc2CN(CCN(C)C)C(=O)CC(C)C)c1. The molecule has 1 aromatic heterocycles. The topological polar surface area (TPSA) is 50.6 Å². The third-order valence-electron chi connectivity index (χ3n) is 4.37. The van der Waals surface area contributed by atoms with Gasteiger partial charge in [0.05, 0.1) is 13.7 Å². The van der Waals surface area contributed by atoms with Gasteiger partial charge in [0.15, 0.2) is 0 Å². The van der Waals surface area contributed by atoms with Gasteiger partial charge in [0.25, 0.3) is 0 Å². The Hall–Kier alpha value is -2.34. The Morgan fingerprint density at radius 3 is 2.70 bits per heavy atom. The van der Waals surface area contributed by atoms with Gasteiger partial charge >= 0.3 is 0 Å². The van der Waals surface area contributed by atoms with Crippen molar-refractivity contribution in [3.63, 3.8) is 0 Å². The average molecular weight is 373 g/mol. The summed E-state index contributed by atoms with van der Waals surface area (Å²) in [6.45, 7) is 6.91. The zero-order chi connectivity index (χ0) is 19.8. The Labute approximate surface area is 162 Å². The van der Waals surface area contributed by atoms with E-state index in [0.29, 0.717) is 32.0 Å². The van der Waals surface area contributed by atoms with E-state index in [1.807, 2.05) is 43.4 Å². The summed E-state index contributed by atoms with van der Waals surface area (Å²) in [6, 6.07) is 8.02. The van der Waals surface area contributed by atoms with Crippen LogP contribution in [0.4, 0.5) is 0 Å². The number of likely N-dealkylation sites (N-methyl/N-ethyl adjacent to an activating group) is 1. The third kappa shape index (κ3) is 6.71. The Morgan fingerprint density at radius 1 is 1.26 bits per heavy atom. The Kier molecular flexibility index (Phi) is 7.85. The molecule has 0 spiro atoms. The second-order valence-corrected chi connectivity index (χ2v) is 7.54. The lowest BCUT2D eigenvalue weighted by atomic mass is 10.1. The molecule has 0 aliphatic rings. The molecule has 148 valence electrons. The quantitative estimate of drug-likeness (QED) is 0.643. The fourth-order valence-electron chi connectivity index (χ4n) is 2.86. The molecule has 6 heteroatoms. The summed E-state index contributed by atoms with van der Waals surface area (Å²) in [7, 11) is 5.72. The second kappa shape index (κ2) is 10.1. The highest BCUT2D eigenvalue weighted by Crippen LogP contribution is 2.15. The maximum Gasteiger partial charge on any atom is 0.223 e. The second-order valence-electron chi connectivity index (χ2n) is 7.54. The van der Waals surface area contributed by atoms with E-state index in [2.05, 4.69) is 34.4 Å². The predicted octanol–water partition coefficient (Wildman–Crippen LogP) is 2.88. The zero-order valence-electron chi connectivity index (χ0n) is 17.2. The summed E-state index contributed by atoms with van der Waals surface area (Å²) >= 11 is 0. The molecule has 2 rings (SSSR count). The van der Waals surface area contributed by atoms with Crippen LogP contribution in [0.2, 0.25) is 0 Å². The number of nitrogens with zero attached hydrogens (tertiary/aromatic N) is 4. The molecular formula is C21H32N4O2. The van der Waals surface area contributed by atoms with Crippen LogP contribution < -0.4 is 4.74 Å². The molecule has 0 saturated heterocycles. The fourth-order valence-corrected chi connectivity index (χ4v) is 2.86. The number of ether oxygens (including phenoxy) is 1. The molecule has 0 aliphatic carbocycles. The van der Waals surface area contributed by atoms with Gasteiger partial charge in [-0.25, -0.2) is 4.98 Å². The molecule has 1 heterocycles. The van der Waals surface area contributed by atoms with Crippen LogP contribution in [0.3, 0.4) is 0 Å². The summed E-state index contributed by atoms with van der Waals surface area (Å²) in [6.07, 6.45) is 4.32. The molecular weight excluding hydrogens is 340 g/mol. The van der Waals surface area contributed by atoms with Crippen LogP contribution >= 0.6 is 0 Å². The largest absolute Gasteiger partial charge is 0.497 e. The maximum absolute atomic E-state index is 12.7. The number of aromatic nitrogens is 2. The summed E-state index contributed by atoms with van der Waals surface area (Å²) in [5.41, 5.74) is 1.14. The van der Waals surface area contributed by atoms with Crippen LogP contribution in [-0.2, 0) is 17.9 Å². The minimum absolute atomic E-state index is 0.183. The van der Waals surface area contributed by atoms with Crippen LogP contribution in [-0.4, -0.2) is 59.6 Å².